The molecule has 3 saturated heterocycles. The van der Waals surface area contributed by atoms with Crippen molar-refractivity contribution in [2.75, 3.05) is 26.4 Å². The molecule has 0 spiro atoms. The SMILES string of the molecule is CCCCCCCCCCCCCCCCCCCCCCC/C=C/C(O)C(COC1OC(CO)C(OC2OC(CO)C(OC3OC(CO)C(O)C(O)C3O)C(O)C2O)C(O)C1O)NC(=O)CCCCCCCCCCCCCCCCCCCCCCCCCCCCCCCCCCCCCCCC. The van der Waals surface area contributed by atoms with E-state index in [1.165, 1.54) is 334 Å². The molecule has 0 bridgehead atoms. The third-order valence-electron chi connectivity index (χ3n) is 22.8. The summed E-state index contributed by atoms with van der Waals surface area (Å²) in [7, 11) is 0. The maximum Gasteiger partial charge on any atom is 0.220 e. The van der Waals surface area contributed by atoms with Crippen LogP contribution in [0.4, 0.5) is 0 Å². The van der Waals surface area contributed by atoms with Gasteiger partial charge < -0.3 is 89.9 Å². The summed E-state index contributed by atoms with van der Waals surface area (Å²) in [6.45, 7) is 1.82. The van der Waals surface area contributed by atoms with Crippen molar-refractivity contribution in [3.8, 4) is 0 Å². The van der Waals surface area contributed by atoms with Crippen LogP contribution in [0.2, 0.25) is 0 Å². The number of nitrogens with one attached hydrogen (secondary N) is 1. The minimum absolute atomic E-state index is 0.250. The van der Waals surface area contributed by atoms with Gasteiger partial charge in [-0.2, -0.15) is 0 Å². The molecule has 628 valence electrons. The van der Waals surface area contributed by atoms with Gasteiger partial charge in [-0.05, 0) is 19.3 Å². The van der Waals surface area contributed by atoms with Crippen LogP contribution in [-0.2, 0) is 33.2 Å². The number of allylic oxidation sites excluding steroid dienone is 1. The van der Waals surface area contributed by atoms with E-state index < -0.39 is 124 Å². The lowest BCUT2D eigenvalue weighted by Gasteiger charge is -2.48. The molecule has 19 heteroatoms. The van der Waals surface area contributed by atoms with Crippen molar-refractivity contribution >= 4 is 5.91 Å². The Hall–Kier alpha value is -1.47. The summed E-state index contributed by atoms with van der Waals surface area (Å²) in [6, 6.07) is -0.971. The number of carbonyl (C=O) groups is 1. The van der Waals surface area contributed by atoms with Crippen LogP contribution in [-0.4, -0.2) is 193 Å². The van der Waals surface area contributed by atoms with Gasteiger partial charge in [0.25, 0.3) is 0 Å². The molecule has 0 radical (unpaired) electrons. The molecule has 19 nitrogen and oxygen atoms in total. The molecule has 3 aliphatic rings. The van der Waals surface area contributed by atoms with Crippen LogP contribution < -0.4 is 5.32 Å². The number of hydrogen-bond acceptors (Lipinski definition) is 18. The lowest BCUT2D eigenvalue weighted by Crippen LogP contribution is -2.66. The lowest BCUT2D eigenvalue weighted by atomic mass is 9.96. The maximum atomic E-state index is 13.5. The zero-order chi connectivity index (χ0) is 76.7. The van der Waals surface area contributed by atoms with E-state index in [1.54, 1.807) is 6.08 Å². The average Bonchev–Trinajstić information content (AvgIpc) is 0.781. The molecule has 3 fully saturated rings. The van der Waals surface area contributed by atoms with Crippen molar-refractivity contribution in [2.45, 2.75) is 510 Å². The Labute approximate surface area is 646 Å². The van der Waals surface area contributed by atoms with Gasteiger partial charge in [-0.25, -0.2) is 0 Å². The second kappa shape index (κ2) is 68.0. The van der Waals surface area contributed by atoms with Crippen LogP contribution in [0.1, 0.15) is 406 Å². The summed E-state index contributed by atoms with van der Waals surface area (Å²) in [5.74, 6) is -0.265. The molecule has 0 aliphatic carbocycles. The number of hydrogen-bond donors (Lipinski definition) is 12. The molecule has 3 aliphatic heterocycles. The fourth-order valence-electron chi connectivity index (χ4n) is 15.7. The van der Waals surface area contributed by atoms with Gasteiger partial charge >= 0.3 is 0 Å². The first-order chi connectivity index (χ1) is 51.8. The molecule has 17 unspecified atom stereocenters. The summed E-state index contributed by atoms with van der Waals surface area (Å²) in [6.07, 6.45) is 56.6. The molecule has 3 rings (SSSR count). The van der Waals surface area contributed by atoms with Crippen LogP contribution in [0.3, 0.4) is 0 Å². The molecule has 0 aromatic carbocycles. The molecular weight excluding hydrogens is 1350 g/mol. The molecule has 0 aromatic heterocycles. The Bertz CT molecular complexity index is 1960. The summed E-state index contributed by atoms with van der Waals surface area (Å²) in [5.41, 5.74) is 0. The Morgan fingerprint density at radius 1 is 0.330 bits per heavy atom. The Morgan fingerprint density at radius 2 is 0.585 bits per heavy atom. The van der Waals surface area contributed by atoms with Crippen molar-refractivity contribution < 1.29 is 89.4 Å². The largest absolute Gasteiger partial charge is 0.394 e. The molecule has 106 heavy (non-hydrogen) atoms. The Morgan fingerprint density at radius 3 is 0.887 bits per heavy atom. The Kier molecular flexibility index (Phi) is 63.3. The number of amides is 1. The molecule has 12 N–H and O–H groups in total. The number of aliphatic hydroxyl groups is 11. The highest BCUT2D eigenvalue weighted by Crippen LogP contribution is 2.34. The van der Waals surface area contributed by atoms with E-state index in [0.29, 0.717) is 6.42 Å². The first-order valence-electron chi connectivity index (χ1n) is 44.9. The Balaban J connectivity index is 1.30. The first kappa shape index (κ1) is 98.7. The van der Waals surface area contributed by atoms with Gasteiger partial charge in [0, 0.05) is 6.42 Å². The minimum atomic E-state index is -1.98. The van der Waals surface area contributed by atoms with Gasteiger partial charge in [0.2, 0.25) is 5.91 Å². The average molecular weight is 1520 g/mol. The summed E-state index contributed by atoms with van der Waals surface area (Å²) in [4.78, 5) is 13.5. The molecule has 17 atom stereocenters. The molecule has 1 amide bonds. The van der Waals surface area contributed by atoms with Crippen LogP contribution in [0, 0.1) is 0 Å². The van der Waals surface area contributed by atoms with Crippen molar-refractivity contribution in [1.29, 1.82) is 0 Å². The minimum Gasteiger partial charge on any atom is -0.394 e. The van der Waals surface area contributed by atoms with Gasteiger partial charge in [-0.3, -0.25) is 4.79 Å². The van der Waals surface area contributed by atoms with Crippen LogP contribution >= 0.6 is 0 Å². The van der Waals surface area contributed by atoms with Crippen molar-refractivity contribution in [2.24, 2.45) is 0 Å². The van der Waals surface area contributed by atoms with E-state index in [2.05, 4.69) is 19.2 Å². The number of rotatable bonds is 74. The fraction of sp³-hybridized carbons (Fsp3) is 0.966. The van der Waals surface area contributed by atoms with Gasteiger partial charge in [0.15, 0.2) is 18.9 Å². The van der Waals surface area contributed by atoms with E-state index in [0.717, 1.165) is 44.9 Å². The van der Waals surface area contributed by atoms with Gasteiger partial charge in [0.05, 0.1) is 38.6 Å². The smallest absolute Gasteiger partial charge is 0.220 e. The van der Waals surface area contributed by atoms with E-state index in [-0.39, 0.29) is 18.9 Å². The van der Waals surface area contributed by atoms with Crippen LogP contribution in [0.15, 0.2) is 12.2 Å². The highest BCUT2D eigenvalue weighted by molar-refractivity contribution is 5.76. The molecular formula is C87H167NO18. The second-order valence-electron chi connectivity index (χ2n) is 32.4. The fourth-order valence-corrected chi connectivity index (χ4v) is 15.7. The number of aliphatic hydroxyl groups excluding tert-OH is 11. The quantitative estimate of drug-likeness (QED) is 0.0199. The topological polar surface area (TPSA) is 307 Å². The van der Waals surface area contributed by atoms with E-state index in [4.69, 9.17) is 28.4 Å². The summed E-state index contributed by atoms with van der Waals surface area (Å²) >= 11 is 0. The second-order valence-corrected chi connectivity index (χ2v) is 32.4. The summed E-state index contributed by atoms with van der Waals surface area (Å²) < 4.78 is 34.5. The molecule has 0 saturated carbocycles. The van der Waals surface area contributed by atoms with Crippen molar-refractivity contribution in [3.05, 3.63) is 12.2 Å². The van der Waals surface area contributed by atoms with Gasteiger partial charge in [0.1, 0.15) is 73.2 Å². The third kappa shape index (κ3) is 46.6. The summed E-state index contributed by atoms with van der Waals surface area (Å²) in [5, 5.41) is 121. The first-order valence-corrected chi connectivity index (χ1v) is 44.9. The normalized spacial score (nSPS) is 25.6. The van der Waals surface area contributed by atoms with Crippen molar-refractivity contribution in [1.82, 2.24) is 5.32 Å². The third-order valence-corrected chi connectivity index (χ3v) is 22.8. The lowest BCUT2D eigenvalue weighted by molar-refractivity contribution is -0.379. The monoisotopic (exact) mass is 1510 g/mol. The maximum absolute atomic E-state index is 13.5. The molecule has 3 heterocycles. The highest BCUT2D eigenvalue weighted by Gasteiger charge is 2.54. The number of unbranched alkanes of at least 4 members (excludes halogenated alkanes) is 58. The van der Waals surface area contributed by atoms with E-state index in [1.807, 2.05) is 6.08 Å². The van der Waals surface area contributed by atoms with E-state index >= 15 is 0 Å². The predicted molar refractivity (Wildman–Crippen MR) is 425 cm³/mol. The predicted octanol–water partition coefficient (Wildman–Crippen LogP) is 16.7. The number of carbonyl (C=O) groups excluding carboxylic acids is 1. The standard InChI is InChI=1S/C87H167NO18/c1-3-5-7-9-11-13-15-17-19-21-23-25-27-28-29-30-31-32-33-34-35-36-37-38-39-40-41-43-45-47-49-51-53-55-57-59-61-63-65-75(93)88-70(71(92)64-62-60-58-56-54-52-50-48-46-44-42-26-24-22-20-18-16-14-12-10-8-6-4-2)69-101-85-81(99)78(96)83(73(67-90)103-85)106-87-82(100)79(97)84(74(68-91)104-87)105-86-80(98)77(95)76(94)72(66-89)102-86/h62,64,70-74,76-87,89-92,94-100H,3-61,63,65-69H2,1-2H3,(H,88,93)/b64-62+. The molecule has 0 aromatic rings. The zero-order valence-corrected chi connectivity index (χ0v) is 67.7. The van der Waals surface area contributed by atoms with Gasteiger partial charge in [-0.15, -0.1) is 0 Å². The van der Waals surface area contributed by atoms with Crippen LogP contribution in [0.25, 0.3) is 0 Å². The number of ether oxygens (including phenoxy) is 6. The van der Waals surface area contributed by atoms with Gasteiger partial charge in [-0.1, -0.05) is 392 Å². The van der Waals surface area contributed by atoms with Crippen molar-refractivity contribution in [3.63, 3.8) is 0 Å². The van der Waals surface area contributed by atoms with E-state index in [9.17, 15) is 61.0 Å². The van der Waals surface area contributed by atoms with Crippen LogP contribution in [0.5, 0.6) is 0 Å². The zero-order valence-electron chi connectivity index (χ0n) is 67.7. The highest BCUT2D eigenvalue weighted by atomic mass is 16.8.